The van der Waals surface area contributed by atoms with Gasteiger partial charge in [-0.2, -0.15) is 0 Å². The van der Waals surface area contributed by atoms with Crippen LogP contribution >= 0.6 is 0 Å². The Hall–Kier alpha value is -1.84. The van der Waals surface area contributed by atoms with Gasteiger partial charge in [-0.3, -0.25) is 9.59 Å². The number of aryl methyl sites for hydroxylation is 2. The number of carbonyl (C=O) groups is 2. The van der Waals surface area contributed by atoms with Gasteiger partial charge in [0, 0.05) is 19.2 Å². The van der Waals surface area contributed by atoms with Gasteiger partial charge >= 0.3 is 0 Å². The van der Waals surface area contributed by atoms with Crippen molar-refractivity contribution in [2.24, 2.45) is 5.92 Å². The van der Waals surface area contributed by atoms with Gasteiger partial charge in [0.1, 0.15) is 0 Å². The Kier molecular flexibility index (Phi) is 4.42. The molecule has 4 nitrogen and oxygen atoms in total. The summed E-state index contributed by atoms with van der Waals surface area (Å²) in [6, 6.07) is 5.69. The first-order valence-electron chi connectivity index (χ1n) is 7.06. The van der Waals surface area contributed by atoms with Crippen LogP contribution in [-0.2, 0) is 4.79 Å². The van der Waals surface area contributed by atoms with E-state index in [4.69, 9.17) is 0 Å². The molecule has 20 heavy (non-hydrogen) atoms. The first-order chi connectivity index (χ1) is 9.45. The number of amides is 2. The fraction of sp³-hybridized carbons (Fsp3) is 0.500. The molecule has 108 valence electrons. The summed E-state index contributed by atoms with van der Waals surface area (Å²) in [5.41, 5.74) is 2.71. The molecule has 0 radical (unpaired) electrons. The van der Waals surface area contributed by atoms with Crippen molar-refractivity contribution in [3.8, 4) is 0 Å². The molecule has 0 unspecified atom stereocenters. The van der Waals surface area contributed by atoms with Gasteiger partial charge in [0.2, 0.25) is 5.91 Å². The van der Waals surface area contributed by atoms with E-state index in [-0.39, 0.29) is 18.4 Å². The van der Waals surface area contributed by atoms with E-state index in [0.717, 1.165) is 17.7 Å². The highest BCUT2D eigenvalue weighted by atomic mass is 16.2. The third-order valence-corrected chi connectivity index (χ3v) is 3.54. The lowest BCUT2D eigenvalue weighted by atomic mass is 10.1. The van der Waals surface area contributed by atoms with Gasteiger partial charge in [-0.05, 0) is 44.7 Å². The normalized spacial score (nSPS) is 13.9. The number of rotatable bonds is 5. The third-order valence-electron chi connectivity index (χ3n) is 3.54. The molecule has 1 aromatic carbocycles. The molecule has 1 aliphatic carbocycles. The zero-order valence-corrected chi connectivity index (χ0v) is 12.4. The second-order valence-electron chi connectivity index (χ2n) is 5.78. The molecule has 2 amide bonds. The van der Waals surface area contributed by atoms with Crippen molar-refractivity contribution >= 4 is 11.8 Å². The van der Waals surface area contributed by atoms with Crippen LogP contribution < -0.4 is 5.32 Å². The number of nitrogens with one attached hydrogen (secondary N) is 1. The molecule has 0 aliphatic heterocycles. The molecule has 1 fully saturated rings. The van der Waals surface area contributed by atoms with Crippen LogP contribution in [0.25, 0.3) is 0 Å². The Morgan fingerprint density at radius 1 is 1.20 bits per heavy atom. The number of hydrogen-bond donors (Lipinski definition) is 1. The summed E-state index contributed by atoms with van der Waals surface area (Å²) in [5.74, 6) is 0.443. The molecule has 1 aliphatic rings. The molecule has 0 bridgehead atoms. The fourth-order valence-corrected chi connectivity index (χ4v) is 2.29. The minimum absolute atomic E-state index is 0.0328. The average Bonchev–Trinajstić information content (AvgIpc) is 3.18. The van der Waals surface area contributed by atoms with Gasteiger partial charge in [0.05, 0.1) is 6.54 Å². The molecule has 0 atom stereocenters. The van der Waals surface area contributed by atoms with E-state index in [0.29, 0.717) is 11.5 Å². The van der Waals surface area contributed by atoms with Gasteiger partial charge < -0.3 is 10.2 Å². The highest BCUT2D eigenvalue weighted by molar-refractivity contribution is 5.96. The van der Waals surface area contributed by atoms with Gasteiger partial charge in [-0.15, -0.1) is 0 Å². The molecular formula is C16H22N2O2. The number of likely N-dealkylation sites (N-methyl/N-ethyl adjacent to an activating group) is 1. The number of hydrogen-bond acceptors (Lipinski definition) is 2. The van der Waals surface area contributed by atoms with Crippen molar-refractivity contribution < 1.29 is 9.59 Å². The fourth-order valence-electron chi connectivity index (χ4n) is 2.29. The van der Waals surface area contributed by atoms with Crippen LogP contribution in [0.4, 0.5) is 0 Å². The van der Waals surface area contributed by atoms with Gasteiger partial charge in [0.15, 0.2) is 0 Å². The van der Waals surface area contributed by atoms with Crippen LogP contribution in [0.5, 0.6) is 0 Å². The quantitative estimate of drug-likeness (QED) is 0.891. The van der Waals surface area contributed by atoms with E-state index >= 15 is 0 Å². The Labute approximate surface area is 120 Å². The molecule has 1 N–H and O–H groups in total. The van der Waals surface area contributed by atoms with Crippen molar-refractivity contribution in [3.63, 3.8) is 0 Å². The molecule has 0 heterocycles. The molecule has 2 rings (SSSR count). The van der Waals surface area contributed by atoms with Gasteiger partial charge in [0.25, 0.3) is 5.91 Å². The molecular weight excluding hydrogens is 252 g/mol. The van der Waals surface area contributed by atoms with Crippen LogP contribution in [0.2, 0.25) is 0 Å². The standard InChI is InChI=1S/C16H22N2O2/c1-11-6-12(2)8-14(7-11)16(20)17-9-15(19)18(3)10-13-4-5-13/h6-8,13H,4-5,9-10H2,1-3H3,(H,17,20). The van der Waals surface area contributed by atoms with E-state index in [1.807, 2.05) is 32.0 Å². The van der Waals surface area contributed by atoms with Crippen molar-refractivity contribution in [2.75, 3.05) is 20.1 Å². The molecule has 4 heteroatoms. The molecule has 1 saturated carbocycles. The molecule has 0 saturated heterocycles. The molecule has 0 spiro atoms. The second-order valence-corrected chi connectivity index (χ2v) is 5.78. The summed E-state index contributed by atoms with van der Waals surface area (Å²) in [6.07, 6.45) is 2.43. The first-order valence-corrected chi connectivity index (χ1v) is 7.06. The largest absolute Gasteiger partial charge is 0.344 e. The van der Waals surface area contributed by atoms with Crippen LogP contribution in [0, 0.1) is 19.8 Å². The molecule has 1 aromatic rings. The van der Waals surface area contributed by atoms with Crippen LogP contribution in [-0.4, -0.2) is 36.9 Å². The first kappa shape index (κ1) is 14.6. The van der Waals surface area contributed by atoms with Gasteiger partial charge in [-0.1, -0.05) is 17.2 Å². The maximum Gasteiger partial charge on any atom is 0.251 e. The van der Waals surface area contributed by atoms with Gasteiger partial charge in [-0.25, -0.2) is 0 Å². The third kappa shape index (κ3) is 4.08. The Bertz CT molecular complexity index is 501. The van der Waals surface area contributed by atoms with Crippen molar-refractivity contribution in [1.29, 1.82) is 0 Å². The number of carbonyl (C=O) groups excluding carboxylic acids is 2. The van der Waals surface area contributed by atoms with Crippen LogP contribution in [0.3, 0.4) is 0 Å². The molecule has 0 aromatic heterocycles. The van der Waals surface area contributed by atoms with Crippen molar-refractivity contribution in [3.05, 3.63) is 34.9 Å². The highest BCUT2D eigenvalue weighted by Crippen LogP contribution is 2.29. The zero-order chi connectivity index (χ0) is 14.7. The summed E-state index contributed by atoms with van der Waals surface area (Å²) < 4.78 is 0. The maximum absolute atomic E-state index is 12.0. The van der Waals surface area contributed by atoms with Crippen LogP contribution in [0.15, 0.2) is 18.2 Å². The van der Waals surface area contributed by atoms with Crippen molar-refractivity contribution in [2.45, 2.75) is 26.7 Å². The average molecular weight is 274 g/mol. The lowest BCUT2D eigenvalue weighted by Gasteiger charge is -2.17. The Morgan fingerprint density at radius 3 is 2.35 bits per heavy atom. The lowest BCUT2D eigenvalue weighted by molar-refractivity contribution is -0.129. The predicted octanol–water partition coefficient (Wildman–Crippen LogP) is 1.90. The lowest BCUT2D eigenvalue weighted by Crippen LogP contribution is -2.39. The highest BCUT2D eigenvalue weighted by Gasteiger charge is 2.24. The zero-order valence-electron chi connectivity index (χ0n) is 12.4. The summed E-state index contributed by atoms with van der Waals surface area (Å²) in [7, 11) is 1.80. The van der Waals surface area contributed by atoms with E-state index in [9.17, 15) is 9.59 Å². The SMILES string of the molecule is Cc1cc(C)cc(C(=O)NCC(=O)N(C)CC2CC2)c1. The Balaban J connectivity index is 1.86. The van der Waals surface area contributed by atoms with E-state index in [1.165, 1.54) is 12.8 Å². The number of nitrogens with zero attached hydrogens (tertiary/aromatic N) is 1. The summed E-state index contributed by atoms with van der Waals surface area (Å²) in [5, 5.41) is 2.70. The number of benzene rings is 1. The topological polar surface area (TPSA) is 49.4 Å². The summed E-state index contributed by atoms with van der Waals surface area (Å²) >= 11 is 0. The minimum Gasteiger partial charge on any atom is -0.344 e. The van der Waals surface area contributed by atoms with Crippen molar-refractivity contribution in [1.82, 2.24) is 10.2 Å². The maximum atomic E-state index is 12.0. The smallest absolute Gasteiger partial charge is 0.251 e. The monoisotopic (exact) mass is 274 g/mol. The minimum atomic E-state index is -0.190. The predicted molar refractivity (Wildman–Crippen MR) is 78.6 cm³/mol. The van der Waals surface area contributed by atoms with E-state index in [2.05, 4.69) is 5.32 Å². The summed E-state index contributed by atoms with van der Waals surface area (Å²) in [4.78, 5) is 25.6. The Morgan fingerprint density at radius 2 is 1.80 bits per heavy atom. The van der Waals surface area contributed by atoms with E-state index in [1.54, 1.807) is 11.9 Å². The van der Waals surface area contributed by atoms with Crippen LogP contribution in [0.1, 0.15) is 34.3 Å². The summed E-state index contributed by atoms with van der Waals surface area (Å²) in [6.45, 7) is 4.78. The van der Waals surface area contributed by atoms with E-state index < -0.39 is 0 Å². The second kappa shape index (κ2) is 6.07.